The molecule has 108 valence electrons. The van der Waals surface area contributed by atoms with Crippen LogP contribution in [0.2, 0.25) is 0 Å². The molecular weight excluding hydrogens is 270 g/mol. The maximum atomic E-state index is 12.2. The van der Waals surface area contributed by atoms with E-state index in [4.69, 9.17) is 5.11 Å². The second kappa shape index (κ2) is 5.66. The summed E-state index contributed by atoms with van der Waals surface area (Å²) in [6.07, 6.45) is 0. The number of hydrogen-bond donors (Lipinski definition) is 3. The minimum Gasteiger partial charge on any atom is -0.508 e. The monoisotopic (exact) mass is 285 g/mol. The molecule has 0 heterocycles. The molecule has 0 unspecified atom stereocenters. The molecule has 1 amide bonds. The Morgan fingerprint density at radius 2 is 1.62 bits per heavy atom. The van der Waals surface area contributed by atoms with E-state index < -0.39 is 11.9 Å². The molecule has 0 atom stereocenters. The second-order valence-corrected chi connectivity index (χ2v) is 4.87. The molecule has 0 aromatic heterocycles. The van der Waals surface area contributed by atoms with Crippen molar-refractivity contribution in [3.8, 4) is 5.75 Å². The van der Waals surface area contributed by atoms with E-state index in [0.29, 0.717) is 5.56 Å². The van der Waals surface area contributed by atoms with Crippen molar-refractivity contribution in [2.45, 2.75) is 13.8 Å². The summed E-state index contributed by atoms with van der Waals surface area (Å²) in [5.41, 5.74) is 2.34. The fourth-order valence-corrected chi connectivity index (χ4v) is 2.12. The number of phenols is 1. The fraction of sp³-hybridized carbons (Fsp3) is 0.125. The lowest BCUT2D eigenvalue weighted by atomic mass is 10.1. The molecule has 5 heteroatoms. The second-order valence-electron chi connectivity index (χ2n) is 4.87. The average molecular weight is 285 g/mol. The summed E-state index contributed by atoms with van der Waals surface area (Å²) in [4.78, 5) is 23.3. The number of carbonyl (C=O) groups excluding carboxylic acids is 1. The van der Waals surface area contributed by atoms with Gasteiger partial charge in [-0.2, -0.15) is 0 Å². The number of aryl methyl sites for hydroxylation is 2. The van der Waals surface area contributed by atoms with Gasteiger partial charge in [0.25, 0.3) is 5.91 Å². The number of amides is 1. The Morgan fingerprint density at radius 3 is 2.19 bits per heavy atom. The third-order valence-corrected chi connectivity index (χ3v) is 2.97. The zero-order chi connectivity index (χ0) is 15.6. The van der Waals surface area contributed by atoms with E-state index in [0.717, 1.165) is 17.2 Å². The molecule has 2 aromatic carbocycles. The van der Waals surface area contributed by atoms with Crippen LogP contribution in [0.5, 0.6) is 5.75 Å². The van der Waals surface area contributed by atoms with Crippen LogP contribution < -0.4 is 5.32 Å². The van der Waals surface area contributed by atoms with Gasteiger partial charge < -0.3 is 15.5 Å². The van der Waals surface area contributed by atoms with E-state index in [1.807, 2.05) is 19.9 Å². The van der Waals surface area contributed by atoms with Crippen LogP contribution in [-0.4, -0.2) is 22.1 Å². The molecule has 0 aliphatic heterocycles. The molecule has 0 spiro atoms. The number of hydrogen-bond acceptors (Lipinski definition) is 3. The van der Waals surface area contributed by atoms with Crippen molar-refractivity contribution in [2.75, 3.05) is 5.32 Å². The van der Waals surface area contributed by atoms with Gasteiger partial charge in [0.1, 0.15) is 5.75 Å². The van der Waals surface area contributed by atoms with Gasteiger partial charge in [-0.3, -0.25) is 4.79 Å². The molecule has 3 N–H and O–H groups in total. The maximum absolute atomic E-state index is 12.2. The Balaban J connectivity index is 2.33. The van der Waals surface area contributed by atoms with Crippen LogP contribution in [0.3, 0.4) is 0 Å². The van der Waals surface area contributed by atoms with Crippen LogP contribution >= 0.6 is 0 Å². The summed E-state index contributed by atoms with van der Waals surface area (Å²) in [5, 5.41) is 21.0. The van der Waals surface area contributed by atoms with Gasteiger partial charge in [0, 0.05) is 5.56 Å². The van der Waals surface area contributed by atoms with E-state index in [9.17, 15) is 14.7 Å². The summed E-state index contributed by atoms with van der Waals surface area (Å²) < 4.78 is 0. The first-order valence-electron chi connectivity index (χ1n) is 6.33. The van der Waals surface area contributed by atoms with Gasteiger partial charge in [-0.1, -0.05) is 17.2 Å². The number of benzene rings is 2. The topological polar surface area (TPSA) is 86.6 Å². The molecule has 0 aliphatic carbocycles. The number of carbonyl (C=O) groups is 2. The van der Waals surface area contributed by atoms with E-state index in [1.165, 1.54) is 12.1 Å². The standard InChI is InChI=1S/C16H15NO4/c1-9-5-10(2)7-11(6-9)15(19)17-14-4-3-12(18)8-13(14)16(20)21/h3-8,18H,1-2H3,(H,17,19)(H,20,21). The molecular formula is C16H15NO4. The Morgan fingerprint density at radius 1 is 1.00 bits per heavy atom. The maximum Gasteiger partial charge on any atom is 0.337 e. The van der Waals surface area contributed by atoms with Gasteiger partial charge in [-0.05, 0) is 44.2 Å². The molecule has 0 bridgehead atoms. The molecule has 0 saturated heterocycles. The van der Waals surface area contributed by atoms with Crippen LogP contribution in [0.4, 0.5) is 5.69 Å². The zero-order valence-corrected chi connectivity index (χ0v) is 11.7. The first-order valence-corrected chi connectivity index (χ1v) is 6.33. The zero-order valence-electron chi connectivity index (χ0n) is 11.7. The lowest BCUT2D eigenvalue weighted by Gasteiger charge is -2.10. The van der Waals surface area contributed by atoms with Crippen molar-refractivity contribution in [3.05, 3.63) is 58.7 Å². The van der Waals surface area contributed by atoms with Crippen LogP contribution in [0.1, 0.15) is 31.8 Å². The highest BCUT2D eigenvalue weighted by Crippen LogP contribution is 2.22. The highest BCUT2D eigenvalue weighted by molar-refractivity contribution is 6.08. The number of phenolic OH excluding ortho intramolecular Hbond substituents is 1. The minimum atomic E-state index is -1.22. The largest absolute Gasteiger partial charge is 0.508 e. The van der Waals surface area contributed by atoms with Crippen LogP contribution in [-0.2, 0) is 0 Å². The van der Waals surface area contributed by atoms with Crippen LogP contribution in [0.25, 0.3) is 0 Å². The van der Waals surface area contributed by atoms with Gasteiger partial charge in [0.15, 0.2) is 0 Å². The average Bonchev–Trinajstić information content (AvgIpc) is 2.39. The highest BCUT2D eigenvalue weighted by atomic mass is 16.4. The number of carboxylic acid groups (broad SMARTS) is 1. The predicted octanol–water partition coefficient (Wildman–Crippen LogP) is 2.96. The van der Waals surface area contributed by atoms with Crippen molar-refractivity contribution >= 4 is 17.6 Å². The van der Waals surface area contributed by atoms with Crippen molar-refractivity contribution in [2.24, 2.45) is 0 Å². The quantitative estimate of drug-likeness (QED) is 0.757. The summed E-state index contributed by atoms with van der Waals surface area (Å²) in [6, 6.07) is 9.18. The van der Waals surface area contributed by atoms with Crippen LogP contribution in [0.15, 0.2) is 36.4 Å². The van der Waals surface area contributed by atoms with Crippen LogP contribution in [0, 0.1) is 13.8 Å². The first kappa shape index (κ1) is 14.6. The minimum absolute atomic E-state index is 0.143. The molecule has 0 aliphatic rings. The Labute approximate surface area is 121 Å². The number of aromatic carboxylic acids is 1. The number of carboxylic acids is 1. The van der Waals surface area contributed by atoms with Gasteiger partial charge in [0.05, 0.1) is 11.3 Å². The van der Waals surface area contributed by atoms with Crippen molar-refractivity contribution < 1.29 is 19.8 Å². The van der Waals surface area contributed by atoms with Gasteiger partial charge >= 0.3 is 5.97 Å². The van der Waals surface area contributed by atoms with E-state index in [-0.39, 0.29) is 17.0 Å². The Kier molecular flexibility index (Phi) is 3.93. The number of nitrogens with one attached hydrogen (secondary N) is 1. The van der Waals surface area contributed by atoms with Crippen molar-refractivity contribution in [1.29, 1.82) is 0 Å². The third-order valence-electron chi connectivity index (χ3n) is 2.97. The van der Waals surface area contributed by atoms with E-state index >= 15 is 0 Å². The van der Waals surface area contributed by atoms with Crippen molar-refractivity contribution in [1.82, 2.24) is 0 Å². The van der Waals surface area contributed by atoms with Crippen molar-refractivity contribution in [3.63, 3.8) is 0 Å². The summed E-state index contributed by atoms with van der Waals surface area (Å²) in [7, 11) is 0. The Bertz CT molecular complexity index is 702. The third kappa shape index (κ3) is 3.39. The lowest BCUT2D eigenvalue weighted by Crippen LogP contribution is -2.15. The molecule has 0 fully saturated rings. The van der Waals surface area contributed by atoms with E-state index in [2.05, 4.69) is 5.32 Å². The predicted molar refractivity (Wildman–Crippen MR) is 78.9 cm³/mol. The lowest BCUT2D eigenvalue weighted by molar-refractivity contribution is 0.0697. The molecule has 2 aromatic rings. The summed E-state index contributed by atoms with van der Waals surface area (Å²) in [5.74, 6) is -1.78. The molecule has 2 rings (SSSR count). The molecule has 0 radical (unpaired) electrons. The van der Waals surface area contributed by atoms with E-state index in [1.54, 1.807) is 12.1 Å². The van der Waals surface area contributed by atoms with Gasteiger partial charge in [-0.25, -0.2) is 4.79 Å². The number of aromatic hydroxyl groups is 1. The normalized spacial score (nSPS) is 10.2. The van der Waals surface area contributed by atoms with Gasteiger partial charge in [0.2, 0.25) is 0 Å². The summed E-state index contributed by atoms with van der Waals surface area (Å²) >= 11 is 0. The molecule has 21 heavy (non-hydrogen) atoms. The Hall–Kier alpha value is -2.82. The highest BCUT2D eigenvalue weighted by Gasteiger charge is 2.14. The first-order chi connectivity index (χ1) is 9.86. The smallest absolute Gasteiger partial charge is 0.337 e. The SMILES string of the molecule is Cc1cc(C)cc(C(=O)Nc2ccc(O)cc2C(=O)O)c1. The molecule has 0 saturated carbocycles. The van der Waals surface area contributed by atoms with Gasteiger partial charge in [-0.15, -0.1) is 0 Å². The fourth-order valence-electron chi connectivity index (χ4n) is 2.12. The number of anilines is 1. The molecule has 5 nitrogen and oxygen atoms in total. The number of rotatable bonds is 3. The summed E-state index contributed by atoms with van der Waals surface area (Å²) in [6.45, 7) is 3.76.